The van der Waals surface area contributed by atoms with Gasteiger partial charge in [-0.15, -0.1) is 24.2 Å². The molecular weight excluding hydrogens is 292 g/mol. The van der Waals surface area contributed by atoms with Crippen molar-refractivity contribution >= 4 is 41.5 Å². The van der Waals surface area contributed by atoms with Crippen LogP contribution in [0.25, 0.3) is 10.9 Å². The number of benzene rings is 1. The Morgan fingerprint density at radius 1 is 1.45 bits per heavy atom. The first-order chi connectivity index (χ1) is 9.36. The van der Waals surface area contributed by atoms with Gasteiger partial charge < -0.3 is 5.32 Å². The van der Waals surface area contributed by atoms with Gasteiger partial charge in [0, 0.05) is 23.6 Å². The molecular formula is C15H19ClN2OS. The molecule has 0 radical (unpaired) electrons. The van der Waals surface area contributed by atoms with Gasteiger partial charge in [0.2, 0.25) is 6.41 Å². The van der Waals surface area contributed by atoms with E-state index in [0.717, 1.165) is 35.8 Å². The molecule has 108 valence electrons. The molecule has 2 heterocycles. The lowest BCUT2D eigenvalue weighted by atomic mass is 9.95. The highest BCUT2D eigenvalue weighted by Crippen LogP contribution is 2.43. The lowest BCUT2D eigenvalue weighted by Gasteiger charge is -2.23. The number of rotatable bonds is 4. The number of nitrogens with one attached hydrogen (secondary N) is 1. The minimum Gasteiger partial charge on any atom is -0.316 e. The van der Waals surface area contributed by atoms with E-state index < -0.39 is 0 Å². The van der Waals surface area contributed by atoms with Crippen LogP contribution in [0.1, 0.15) is 24.8 Å². The fourth-order valence-electron chi connectivity index (χ4n) is 2.88. The van der Waals surface area contributed by atoms with Crippen LogP contribution in [0.3, 0.4) is 0 Å². The van der Waals surface area contributed by atoms with E-state index in [1.807, 2.05) is 16.7 Å². The predicted octanol–water partition coefficient (Wildman–Crippen LogP) is 3.29. The molecule has 1 atom stereocenters. The van der Waals surface area contributed by atoms with Crippen LogP contribution in [0.2, 0.25) is 0 Å². The highest BCUT2D eigenvalue weighted by Gasteiger charge is 2.27. The number of carbonyl (C=O) groups is 1. The zero-order valence-corrected chi connectivity index (χ0v) is 13.1. The van der Waals surface area contributed by atoms with Gasteiger partial charge in [-0.05, 0) is 24.6 Å². The van der Waals surface area contributed by atoms with Crippen LogP contribution in [-0.2, 0) is 4.79 Å². The minimum absolute atomic E-state index is 0. The number of hydrogen-bond acceptors (Lipinski definition) is 3. The van der Waals surface area contributed by atoms with E-state index >= 15 is 0 Å². The third-order valence-corrected chi connectivity index (χ3v) is 4.89. The zero-order chi connectivity index (χ0) is 13.2. The Bertz CT molecular complexity index is 611. The first kappa shape index (κ1) is 15.4. The average Bonchev–Trinajstić information content (AvgIpc) is 2.79. The maximum Gasteiger partial charge on any atom is 0.219 e. The Morgan fingerprint density at radius 3 is 3.00 bits per heavy atom. The SMILES string of the molecule is CCNCC1CCSc2c1c1ccccc1n2C=O.Cl. The van der Waals surface area contributed by atoms with Crippen LogP contribution >= 0.6 is 24.2 Å². The van der Waals surface area contributed by atoms with Crippen LogP contribution in [0.5, 0.6) is 0 Å². The van der Waals surface area contributed by atoms with E-state index in [1.54, 1.807) is 11.8 Å². The molecule has 1 aromatic carbocycles. The van der Waals surface area contributed by atoms with E-state index in [1.165, 1.54) is 17.4 Å². The minimum atomic E-state index is 0. The summed E-state index contributed by atoms with van der Waals surface area (Å²) in [4.78, 5) is 11.4. The van der Waals surface area contributed by atoms with E-state index in [9.17, 15) is 4.79 Å². The topological polar surface area (TPSA) is 34.0 Å². The molecule has 5 heteroatoms. The molecule has 0 aliphatic carbocycles. The summed E-state index contributed by atoms with van der Waals surface area (Å²) in [5, 5.41) is 5.82. The van der Waals surface area contributed by atoms with E-state index in [2.05, 4.69) is 24.4 Å². The molecule has 3 rings (SSSR count). The molecule has 1 N–H and O–H groups in total. The summed E-state index contributed by atoms with van der Waals surface area (Å²) in [6.07, 6.45) is 2.13. The summed E-state index contributed by atoms with van der Waals surface area (Å²) in [6.45, 7) is 4.12. The van der Waals surface area contributed by atoms with Gasteiger partial charge in [-0.1, -0.05) is 25.1 Å². The number of halogens is 1. The van der Waals surface area contributed by atoms with Crippen LogP contribution in [0, 0.1) is 0 Å². The van der Waals surface area contributed by atoms with Gasteiger partial charge in [0.25, 0.3) is 0 Å². The number of fused-ring (bicyclic) bond motifs is 3. The highest BCUT2D eigenvalue weighted by molar-refractivity contribution is 7.99. The molecule has 0 bridgehead atoms. The zero-order valence-electron chi connectivity index (χ0n) is 11.5. The molecule has 0 amide bonds. The van der Waals surface area contributed by atoms with Crippen molar-refractivity contribution in [1.29, 1.82) is 0 Å². The fourth-order valence-corrected chi connectivity index (χ4v) is 4.19. The summed E-state index contributed by atoms with van der Waals surface area (Å²) in [7, 11) is 0. The smallest absolute Gasteiger partial charge is 0.219 e. The molecule has 0 fully saturated rings. The number of carbonyl (C=O) groups excluding carboxylic acids is 1. The van der Waals surface area contributed by atoms with Crippen LogP contribution in [0.15, 0.2) is 29.3 Å². The first-order valence-corrected chi connectivity index (χ1v) is 7.77. The monoisotopic (exact) mass is 310 g/mol. The number of likely N-dealkylation sites (N-methyl/N-ethyl adjacent to an activating group) is 1. The van der Waals surface area contributed by atoms with Crippen molar-refractivity contribution in [2.75, 3.05) is 18.8 Å². The van der Waals surface area contributed by atoms with Crippen LogP contribution < -0.4 is 5.32 Å². The molecule has 20 heavy (non-hydrogen) atoms. The van der Waals surface area contributed by atoms with E-state index in [-0.39, 0.29) is 12.4 Å². The van der Waals surface area contributed by atoms with Gasteiger partial charge in [-0.3, -0.25) is 9.36 Å². The molecule has 0 saturated carbocycles. The predicted molar refractivity (Wildman–Crippen MR) is 88.0 cm³/mol. The van der Waals surface area contributed by atoms with Gasteiger partial charge in [-0.2, -0.15) is 0 Å². The lowest BCUT2D eigenvalue weighted by Crippen LogP contribution is -2.23. The van der Waals surface area contributed by atoms with Crippen LogP contribution in [0.4, 0.5) is 0 Å². The summed E-state index contributed by atoms with van der Waals surface area (Å²) >= 11 is 1.81. The molecule has 1 aliphatic rings. The molecule has 1 aromatic heterocycles. The Hall–Kier alpha value is -0.970. The third kappa shape index (κ3) is 2.48. The lowest BCUT2D eigenvalue weighted by molar-refractivity contribution is 0.540. The molecule has 1 unspecified atom stereocenters. The highest BCUT2D eigenvalue weighted by atomic mass is 35.5. The van der Waals surface area contributed by atoms with Gasteiger partial charge in [0.05, 0.1) is 10.5 Å². The molecule has 1 aliphatic heterocycles. The average molecular weight is 311 g/mol. The van der Waals surface area contributed by atoms with Crippen molar-refractivity contribution in [1.82, 2.24) is 9.88 Å². The second kappa shape index (κ2) is 6.66. The van der Waals surface area contributed by atoms with Crippen molar-refractivity contribution in [3.8, 4) is 0 Å². The van der Waals surface area contributed by atoms with E-state index in [0.29, 0.717) is 5.92 Å². The Balaban J connectivity index is 0.00000147. The molecule has 0 spiro atoms. The second-order valence-corrected chi connectivity index (χ2v) is 5.94. The third-order valence-electron chi connectivity index (χ3n) is 3.76. The maximum atomic E-state index is 11.4. The van der Waals surface area contributed by atoms with Crippen LogP contribution in [-0.4, -0.2) is 29.8 Å². The van der Waals surface area contributed by atoms with Crippen molar-refractivity contribution in [3.05, 3.63) is 29.8 Å². The maximum absolute atomic E-state index is 11.4. The van der Waals surface area contributed by atoms with Gasteiger partial charge in [0.15, 0.2) is 0 Å². The normalized spacial score (nSPS) is 17.6. The molecule has 0 saturated heterocycles. The largest absolute Gasteiger partial charge is 0.316 e. The van der Waals surface area contributed by atoms with E-state index in [4.69, 9.17) is 0 Å². The number of hydrogen-bond donors (Lipinski definition) is 1. The second-order valence-electron chi connectivity index (χ2n) is 4.85. The van der Waals surface area contributed by atoms with Gasteiger partial charge in [-0.25, -0.2) is 0 Å². The molecule has 2 aromatic rings. The van der Waals surface area contributed by atoms with Crippen molar-refractivity contribution in [3.63, 3.8) is 0 Å². The molecule has 3 nitrogen and oxygen atoms in total. The van der Waals surface area contributed by atoms with Crippen molar-refractivity contribution in [2.45, 2.75) is 24.3 Å². The first-order valence-electron chi connectivity index (χ1n) is 6.78. The summed E-state index contributed by atoms with van der Waals surface area (Å²) in [5.41, 5.74) is 2.40. The van der Waals surface area contributed by atoms with Gasteiger partial charge in [0.1, 0.15) is 0 Å². The number of aromatic nitrogens is 1. The Kier molecular flexibility index (Phi) is 5.13. The van der Waals surface area contributed by atoms with Crippen molar-refractivity contribution < 1.29 is 4.79 Å². The Morgan fingerprint density at radius 2 is 2.25 bits per heavy atom. The standard InChI is InChI=1S/C15H18N2OS.ClH/c1-2-16-9-11-7-8-19-15-14(11)12-5-3-4-6-13(12)17(15)10-18;/h3-6,10-11,16H,2,7-9H2,1H3;1H. The number of thioether (sulfide) groups is 1. The summed E-state index contributed by atoms with van der Waals surface area (Å²) in [5.74, 6) is 1.61. The fraction of sp³-hybridized carbons (Fsp3) is 0.400. The number of para-hydroxylation sites is 1. The van der Waals surface area contributed by atoms with Crippen molar-refractivity contribution in [2.24, 2.45) is 0 Å². The Labute approximate surface area is 129 Å². The number of nitrogens with zero attached hydrogens (tertiary/aromatic N) is 1. The summed E-state index contributed by atoms with van der Waals surface area (Å²) < 4.78 is 1.81. The summed E-state index contributed by atoms with van der Waals surface area (Å²) in [6, 6.07) is 8.23. The quantitative estimate of drug-likeness (QED) is 0.880. The van der Waals surface area contributed by atoms with Gasteiger partial charge >= 0.3 is 0 Å².